The molecule has 4 aromatic rings. The average Bonchev–Trinajstić information content (AvgIpc) is 2.73. The summed E-state index contributed by atoms with van der Waals surface area (Å²) in [6, 6.07) is 20.3. The first-order valence-electron chi connectivity index (χ1n) is 9.42. The van der Waals surface area contributed by atoms with Crippen molar-refractivity contribution in [3.05, 3.63) is 60.2 Å². The second kappa shape index (κ2) is 8.95. The molecule has 0 spiro atoms. The molecule has 0 saturated heterocycles. The number of thioether (sulfide) groups is 1. The Kier molecular flexibility index (Phi) is 6.15. The van der Waals surface area contributed by atoms with Crippen LogP contribution in [-0.4, -0.2) is 34.3 Å². The molecule has 142 valence electrons. The summed E-state index contributed by atoms with van der Waals surface area (Å²) < 4.78 is 10.6. The van der Waals surface area contributed by atoms with Crippen molar-refractivity contribution in [2.75, 3.05) is 18.6 Å². The summed E-state index contributed by atoms with van der Waals surface area (Å²) in [5.41, 5.74) is 1.06. The molecule has 0 aliphatic rings. The molecule has 0 N–H and O–H groups in total. The van der Waals surface area contributed by atoms with E-state index in [0.717, 1.165) is 23.8 Å². The largest absolute Gasteiger partial charge is 0.460 e. The highest BCUT2D eigenvalue weighted by atomic mass is 32.2. The molecule has 5 heteroatoms. The van der Waals surface area contributed by atoms with Gasteiger partial charge in [0.2, 0.25) is 9.76 Å². The van der Waals surface area contributed by atoms with Crippen LogP contribution in [0.4, 0.5) is 0 Å². The van der Waals surface area contributed by atoms with Gasteiger partial charge in [0.1, 0.15) is 6.61 Å². The molecular formula is C23H22O3SSi. The van der Waals surface area contributed by atoms with Gasteiger partial charge >= 0.3 is 5.97 Å². The SMILES string of the molecule is CO[Si]CCCSCC(=O)OCc1ccc2ccc3cccc4ccc1c2c34. The number of hydrogen-bond donors (Lipinski definition) is 0. The lowest BCUT2D eigenvalue weighted by atomic mass is 9.92. The van der Waals surface area contributed by atoms with Gasteiger partial charge in [0.05, 0.1) is 5.75 Å². The van der Waals surface area contributed by atoms with E-state index in [1.807, 2.05) is 0 Å². The Bertz CT molecular complexity index is 1080. The Labute approximate surface area is 171 Å². The van der Waals surface area contributed by atoms with Gasteiger partial charge < -0.3 is 9.16 Å². The van der Waals surface area contributed by atoms with Crippen LogP contribution < -0.4 is 0 Å². The zero-order valence-corrected chi connectivity index (χ0v) is 17.7. The van der Waals surface area contributed by atoms with Gasteiger partial charge in [-0.15, -0.1) is 0 Å². The fraction of sp³-hybridized carbons (Fsp3) is 0.261. The van der Waals surface area contributed by atoms with Crippen LogP contribution in [0.1, 0.15) is 12.0 Å². The summed E-state index contributed by atoms with van der Waals surface area (Å²) in [7, 11) is 2.28. The third kappa shape index (κ3) is 4.02. The van der Waals surface area contributed by atoms with Crippen LogP contribution in [0.25, 0.3) is 32.3 Å². The first kappa shape index (κ1) is 19.2. The highest BCUT2D eigenvalue weighted by Gasteiger charge is 2.12. The summed E-state index contributed by atoms with van der Waals surface area (Å²) in [6.07, 6.45) is 1.07. The number of hydrogen-bond acceptors (Lipinski definition) is 4. The van der Waals surface area contributed by atoms with Crippen LogP contribution in [0, 0.1) is 0 Å². The van der Waals surface area contributed by atoms with Crippen molar-refractivity contribution in [2.45, 2.75) is 19.1 Å². The van der Waals surface area contributed by atoms with E-state index >= 15 is 0 Å². The monoisotopic (exact) mass is 406 g/mol. The van der Waals surface area contributed by atoms with Crippen molar-refractivity contribution in [1.82, 2.24) is 0 Å². The Morgan fingerprint density at radius 3 is 2.46 bits per heavy atom. The molecule has 4 aromatic carbocycles. The molecule has 0 bridgehead atoms. The van der Waals surface area contributed by atoms with Crippen molar-refractivity contribution >= 4 is 59.8 Å². The summed E-state index contributed by atoms with van der Waals surface area (Å²) in [4.78, 5) is 12.1. The van der Waals surface area contributed by atoms with Gasteiger partial charge in [-0.3, -0.25) is 4.79 Å². The second-order valence-corrected chi connectivity index (χ2v) is 9.05. The molecule has 0 atom stereocenters. The van der Waals surface area contributed by atoms with Crippen LogP contribution in [-0.2, 0) is 20.6 Å². The number of esters is 1. The fourth-order valence-corrected chi connectivity index (χ4v) is 5.15. The molecular weight excluding hydrogens is 384 g/mol. The molecule has 0 aliphatic heterocycles. The maximum absolute atomic E-state index is 12.1. The molecule has 0 aromatic heterocycles. The van der Waals surface area contributed by atoms with Gasteiger partial charge in [0.15, 0.2) is 0 Å². The smallest absolute Gasteiger partial charge is 0.316 e. The Balaban J connectivity index is 1.46. The van der Waals surface area contributed by atoms with Gasteiger partial charge in [-0.2, -0.15) is 11.8 Å². The predicted octanol–water partition coefficient (Wildman–Crippen LogP) is 5.43. The van der Waals surface area contributed by atoms with Crippen molar-refractivity contribution in [1.29, 1.82) is 0 Å². The molecule has 2 radical (unpaired) electrons. The molecule has 28 heavy (non-hydrogen) atoms. The van der Waals surface area contributed by atoms with Crippen molar-refractivity contribution in [3.8, 4) is 0 Å². The summed E-state index contributed by atoms with van der Waals surface area (Å²) in [5, 5.41) is 7.44. The molecule has 0 fully saturated rings. The van der Waals surface area contributed by atoms with Crippen LogP contribution in [0.2, 0.25) is 6.04 Å². The van der Waals surface area contributed by atoms with E-state index in [2.05, 4.69) is 54.6 Å². The second-order valence-electron chi connectivity index (χ2n) is 6.75. The van der Waals surface area contributed by atoms with Crippen LogP contribution in [0.5, 0.6) is 0 Å². The minimum atomic E-state index is -0.148. The van der Waals surface area contributed by atoms with E-state index in [1.54, 1.807) is 18.9 Å². The summed E-state index contributed by atoms with van der Waals surface area (Å²) in [5.74, 6) is 1.22. The number of carbonyl (C=O) groups excluding carboxylic acids is 1. The minimum absolute atomic E-state index is 0.148. The van der Waals surface area contributed by atoms with Crippen LogP contribution in [0.15, 0.2) is 54.6 Å². The molecule has 0 saturated carbocycles. The molecule has 0 unspecified atom stereocenters. The normalized spacial score (nSPS) is 11.6. The van der Waals surface area contributed by atoms with Gasteiger partial charge in [-0.25, -0.2) is 0 Å². The number of ether oxygens (including phenoxy) is 1. The van der Waals surface area contributed by atoms with E-state index in [9.17, 15) is 4.79 Å². The molecule has 3 nitrogen and oxygen atoms in total. The maximum atomic E-state index is 12.1. The Morgan fingerprint density at radius 1 is 0.964 bits per heavy atom. The minimum Gasteiger partial charge on any atom is -0.460 e. The van der Waals surface area contributed by atoms with Gasteiger partial charge in [0, 0.05) is 7.11 Å². The first-order chi connectivity index (χ1) is 13.8. The van der Waals surface area contributed by atoms with Gasteiger partial charge in [-0.1, -0.05) is 54.6 Å². The van der Waals surface area contributed by atoms with Crippen molar-refractivity contribution < 1.29 is 14.0 Å². The van der Waals surface area contributed by atoms with Crippen LogP contribution >= 0.6 is 11.8 Å². The number of carbonyl (C=O) groups is 1. The van der Waals surface area contributed by atoms with Crippen molar-refractivity contribution in [3.63, 3.8) is 0 Å². The number of benzene rings is 4. The Hall–Kier alpha value is -2.08. The topological polar surface area (TPSA) is 35.5 Å². The lowest BCUT2D eigenvalue weighted by Gasteiger charge is -2.14. The molecule has 4 rings (SSSR count). The fourth-order valence-electron chi connectivity index (χ4n) is 3.63. The average molecular weight is 407 g/mol. The third-order valence-electron chi connectivity index (χ3n) is 4.94. The molecule has 0 heterocycles. The van der Waals surface area contributed by atoms with E-state index in [0.29, 0.717) is 22.1 Å². The maximum Gasteiger partial charge on any atom is 0.316 e. The Morgan fingerprint density at radius 2 is 1.68 bits per heavy atom. The quantitative estimate of drug-likeness (QED) is 0.161. The summed E-state index contributed by atoms with van der Waals surface area (Å²) in [6.45, 7) is 0.318. The van der Waals surface area contributed by atoms with E-state index in [4.69, 9.17) is 9.16 Å². The van der Waals surface area contributed by atoms with Gasteiger partial charge in [-0.05, 0) is 56.1 Å². The lowest BCUT2D eigenvalue weighted by Crippen LogP contribution is -2.08. The number of rotatable bonds is 9. The third-order valence-corrected chi connectivity index (χ3v) is 6.80. The van der Waals surface area contributed by atoms with E-state index in [1.165, 1.54) is 32.3 Å². The zero-order chi connectivity index (χ0) is 19.3. The molecule has 0 aliphatic carbocycles. The molecule has 0 amide bonds. The summed E-state index contributed by atoms with van der Waals surface area (Å²) >= 11 is 1.63. The highest BCUT2D eigenvalue weighted by Crippen LogP contribution is 2.36. The zero-order valence-electron chi connectivity index (χ0n) is 15.9. The highest BCUT2D eigenvalue weighted by molar-refractivity contribution is 7.99. The lowest BCUT2D eigenvalue weighted by molar-refractivity contribution is -0.141. The standard InChI is InChI=1S/C23H22O3SSi/c1-25-28-13-3-12-27-15-21(24)26-14-19-9-8-18-7-6-16-4-2-5-17-10-11-20(19)23(18)22(16)17/h2,4-11H,3,12-15H2,1H3. The first-order valence-corrected chi connectivity index (χ1v) is 11.7. The van der Waals surface area contributed by atoms with E-state index < -0.39 is 0 Å². The predicted molar refractivity (Wildman–Crippen MR) is 119 cm³/mol. The van der Waals surface area contributed by atoms with E-state index in [-0.39, 0.29) is 5.97 Å². The van der Waals surface area contributed by atoms with Gasteiger partial charge in [0.25, 0.3) is 0 Å². The van der Waals surface area contributed by atoms with Crippen molar-refractivity contribution in [2.24, 2.45) is 0 Å². The van der Waals surface area contributed by atoms with Crippen LogP contribution in [0.3, 0.4) is 0 Å².